The van der Waals surface area contributed by atoms with E-state index in [1.54, 1.807) is 4.90 Å². The molecule has 7 heteroatoms. The predicted octanol–water partition coefficient (Wildman–Crippen LogP) is 1.37. The molecule has 1 aromatic rings. The maximum absolute atomic E-state index is 12.5. The van der Waals surface area contributed by atoms with Gasteiger partial charge in [-0.25, -0.2) is 13.6 Å². The molecular weight excluding hydrogens is 304 g/mol. The predicted molar refractivity (Wildman–Crippen MR) is 83.0 cm³/mol. The van der Waals surface area contributed by atoms with E-state index in [2.05, 4.69) is 0 Å². The van der Waals surface area contributed by atoms with Crippen molar-refractivity contribution in [3.63, 3.8) is 0 Å². The molecule has 1 aliphatic rings. The molecule has 1 heterocycles. The number of sulfonamides is 1. The zero-order valence-corrected chi connectivity index (χ0v) is 13.5. The van der Waals surface area contributed by atoms with E-state index in [1.807, 2.05) is 6.92 Å². The van der Waals surface area contributed by atoms with E-state index in [9.17, 15) is 13.2 Å². The highest BCUT2D eigenvalue weighted by Crippen LogP contribution is 2.16. The van der Waals surface area contributed by atoms with E-state index >= 15 is 0 Å². The summed E-state index contributed by atoms with van der Waals surface area (Å²) in [6.07, 6.45) is 3.25. The van der Waals surface area contributed by atoms with Crippen molar-refractivity contribution in [2.24, 2.45) is 5.14 Å². The van der Waals surface area contributed by atoms with Crippen molar-refractivity contribution in [1.82, 2.24) is 4.90 Å². The van der Waals surface area contributed by atoms with Crippen molar-refractivity contribution in [2.75, 3.05) is 19.7 Å². The maximum Gasteiger partial charge on any atom is 0.253 e. The average Bonchev–Trinajstić information content (AvgIpc) is 2.52. The smallest absolute Gasteiger partial charge is 0.253 e. The van der Waals surface area contributed by atoms with Gasteiger partial charge < -0.3 is 9.64 Å². The van der Waals surface area contributed by atoms with E-state index in [1.165, 1.54) is 24.3 Å². The second-order valence-electron chi connectivity index (χ2n) is 5.40. The quantitative estimate of drug-likeness (QED) is 0.885. The summed E-state index contributed by atoms with van der Waals surface area (Å²) in [5, 5.41) is 5.05. The third-order valence-electron chi connectivity index (χ3n) is 3.80. The van der Waals surface area contributed by atoms with Gasteiger partial charge in [-0.05, 0) is 50.5 Å². The molecule has 22 heavy (non-hydrogen) atoms. The van der Waals surface area contributed by atoms with Crippen LogP contribution in [-0.2, 0) is 14.8 Å². The van der Waals surface area contributed by atoms with Crippen molar-refractivity contribution in [1.29, 1.82) is 0 Å². The Morgan fingerprint density at radius 3 is 2.50 bits per heavy atom. The molecule has 1 amide bonds. The van der Waals surface area contributed by atoms with Crippen LogP contribution in [0, 0.1) is 0 Å². The number of hydrogen-bond acceptors (Lipinski definition) is 4. The van der Waals surface area contributed by atoms with Gasteiger partial charge in [0.05, 0.1) is 11.0 Å². The Bertz CT molecular complexity index is 607. The number of carbonyl (C=O) groups is 1. The van der Waals surface area contributed by atoms with Crippen LogP contribution in [0.1, 0.15) is 36.5 Å². The minimum Gasteiger partial charge on any atom is -0.376 e. The molecule has 2 rings (SSSR count). The lowest BCUT2D eigenvalue weighted by molar-refractivity contribution is -0.00311. The Labute approximate surface area is 131 Å². The molecule has 1 aliphatic heterocycles. The molecule has 122 valence electrons. The van der Waals surface area contributed by atoms with E-state index in [-0.39, 0.29) is 16.9 Å². The van der Waals surface area contributed by atoms with Crippen LogP contribution in [-0.4, -0.2) is 45.0 Å². The Morgan fingerprint density at radius 1 is 1.32 bits per heavy atom. The molecule has 0 aromatic heterocycles. The van der Waals surface area contributed by atoms with Crippen LogP contribution in [0.25, 0.3) is 0 Å². The first-order valence-corrected chi connectivity index (χ1v) is 9.00. The summed E-state index contributed by atoms with van der Waals surface area (Å²) in [6.45, 7) is 3.81. The minimum absolute atomic E-state index is 0.00251. The molecule has 1 atom stereocenters. The zero-order chi connectivity index (χ0) is 16.2. The highest BCUT2D eigenvalue weighted by molar-refractivity contribution is 7.89. The van der Waals surface area contributed by atoms with Crippen molar-refractivity contribution < 1.29 is 17.9 Å². The van der Waals surface area contributed by atoms with Crippen molar-refractivity contribution in [2.45, 2.75) is 37.2 Å². The van der Waals surface area contributed by atoms with Crippen molar-refractivity contribution >= 4 is 15.9 Å². The Balaban J connectivity index is 2.07. The minimum atomic E-state index is -3.74. The van der Waals surface area contributed by atoms with Gasteiger partial charge in [0.2, 0.25) is 10.0 Å². The fourth-order valence-electron chi connectivity index (χ4n) is 2.52. The van der Waals surface area contributed by atoms with E-state index in [4.69, 9.17) is 9.88 Å². The number of nitrogens with zero attached hydrogens (tertiary/aromatic N) is 1. The standard InChI is InChI=1S/C15H22N2O4S/c1-2-17(11-13-5-3-4-10-21-13)15(18)12-6-8-14(9-7-12)22(16,19)20/h6-9,13H,2-5,10-11H2,1H3,(H2,16,19,20). The van der Waals surface area contributed by atoms with Gasteiger partial charge in [-0.15, -0.1) is 0 Å². The number of benzene rings is 1. The van der Waals surface area contributed by atoms with Gasteiger partial charge in [0.1, 0.15) is 0 Å². The molecule has 0 aliphatic carbocycles. The number of ether oxygens (including phenoxy) is 1. The Hall–Kier alpha value is -1.44. The molecule has 0 saturated carbocycles. The molecule has 1 fully saturated rings. The summed E-state index contributed by atoms with van der Waals surface area (Å²) in [6, 6.07) is 5.69. The summed E-state index contributed by atoms with van der Waals surface area (Å²) in [5.74, 6) is -0.127. The second-order valence-corrected chi connectivity index (χ2v) is 6.96. The summed E-state index contributed by atoms with van der Waals surface area (Å²) in [4.78, 5) is 14.2. The molecule has 6 nitrogen and oxygen atoms in total. The number of rotatable bonds is 5. The summed E-state index contributed by atoms with van der Waals surface area (Å²) in [7, 11) is -3.74. The third-order valence-corrected chi connectivity index (χ3v) is 4.73. The average molecular weight is 326 g/mol. The topological polar surface area (TPSA) is 89.7 Å². The highest BCUT2D eigenvalue weighted by Gasteiger charge is 2.21. The van der Waals surface area contributed by atoms with Gasteiger partial charge in [-0.2, -0.15) is 0 Å². The van der Waals surface area contributed by atoms with E-state index in [0.717, 1.165) is 25.9 Å². The molecule has 0 spiro atoms. The highest BCUT2D eigenvalue weighted by atomic mass is 32.2. The first-order valence-electron chi connectivity index (χ1n) is 7.45. The molecule has 1 saturated heterocycles. The Kier molecular flexibility index (Phi) is 5.55. The zero-order valence-electron chi connectivity index (χ0n) is 12.7. The number of hydrogen-bond donors (Lipinski definition) is 1. The van der Waals surface area contributed by atoms with Gasteiger partial charge >= 0.3 is 0 Å². The number of amides is 1. The monoisotopic (exact) mass is 326 g/mol. The van der Waals surface area contributed by atoms with E-state index < -0.39 is 10.0 Å². The molecule has 0 bridgehead atoms. The molecular formula is C15H22N2O4S. The lowest BCUT2D eigenvalue weighted by Gasteiger charge is -2.29. The number of likely N-dealkylation sites (N-methyl/N-ethyl adjacent to an activating group) is 1. The number of primary sulfonamides is 1. The van der Waals surface area contributed by atoms with Gasteiger partial charge in [0, 0.05) is 25.3 Å². The molecule has 2 N–H and O–H groups in total. The van der Waals surface area contributed by atoms with Crippen molar-refractivity contribution in [3.8, 4) is 0 Å². The lowest BCUT2D eigenvalue weighted by atomic mass is 10.1. The van der Waals surface area contributed by atoms with Gasteiger partial charge in [0.15, 0.2) is 0 Å². The van der Waals surface area contributed by atoms with Gasteiger partial charge in [0.25, 0.3) is 5.91 Å². The normalized spacial score (nSPS) is 18.9. The van der Waals surface area contributed by atoms with Gasteiger partial charge in [-0.1, -0.05) is 0 Å². The first-order chi connectivity index (χ1) is 10.4. The van der Waals surface area contributed by atoms with Crippen LogP contribution in [0.15, 0.2) is 29.2 Å². The molecule has 1 unspecified atom stereocenters. The number of carbonyl (C=O) groups excluding carboxylic acids is 1. The lowest BCUT2D eigenvalue weighted by Crippen LogP contribution is -2.39. The van der Waals surface area contributed by atoms with Crippen LogP contribution in [0.2, 0.25) is 0 Å². The van der Waals surface area contributed by atoms with E-state index in [0.29, 0.717) is 18.7 Å². The summed E-state index contributed by atoms with van der Waals surface area (Å²) < 4.78 is 28.1. The van der Waals surface area contributed by atoms with Crippen LogP contribution in [0.3, 0.4) is 0 Å². The van der Waals surface area contributed by atoms with Crippen molar-refractivity contribution in [3.05, 3.63) is 29.8 Å². The summed E-state index contributed by atoms with van der Waals surface area (Å²) >= 11 is 0. The fourth-order valence-corrected chi connectivity index (χ4v) is 3.04. The largest absolute Gasteiger partial charge is 0.376 e. The maximum atomic E-state index is 12.5. The molecule has 1 aromatic carbocycles. The second kappa shape index (κ2) is 7.21. The van der Waals surface area contributed by atoms with Crippen LogP contribution in [0.5, 0.6) is 0 Å². The molecule has 0 radical (unpaired) electrons. The SMILES string of the molecule is CCN(CC1CCCCO1)C(=O)c1ccc(S(N)(=O)=O)cc1. The Morgan fingerprint density at radius 2 is 2.00 bits per heavy atom. The van der Waals surface area contributed by atoms with Crippen LogP contribution in [0.4, 0.5) is 0 Å². The van der Waals surface area contributed by atoms with Gasteiger partial charge in [-0.3, -0.25) is 4.79 Å². The third kappa shape index (κ3) is 4.28. The summed E-state index contributed by atoms with van der Waals surface area (Å²) in [5.41, 5.74) is 0.449. The number of nitrogens with two attached hydrogens (primary N) is 1. The fraction of sp³-hybridized carbons (Fsp3) is 0.533. The van der Waals surface area contributed by atoms with Crippen LogP contribution < -0.4 is 5.14 Å². The first kappa shape index (κ1) is 16.9. The van der Waals surface area contributed by atoms with Crippen LogP contribution >= 0.6 is 0 Å².